The van der Waals surface area contributed by atoms with Crippen molar-refractivity contribution in [2.45, 2.75) is 32.7 Å². The van der Waals surface area contributed by atoms with Crippen molar-refractivity contribution in [3.05, 3.63) is 35.4 Å². The molecule has 0 aliphatic rings. The molecule has 0 saturated heterocycles. The predicted octanol–water partition coefficient (Wildman–Crippen LogP) is 1.09. The summed E-state index contributed by atoms with van der Waals surface area (Å²) in [7, 11) is 0. The first kappa shape index (κ1) is 16.7. The van der Waals surface area contributed by atoms with E-state index in [-0.39, 0.29) is 30.8 Å². The van der Waals surface area contributed by atoms with Gasteiger partial charge in [0.2, 0.25) is 5.91 Å². The topological polar surface area (TPSA) is 95.5 Å². The van der Waals surface area contributed by atoms with Crippen molar-refractivity contribution in [3.8, 4) is 0 Å². The van der Waals surface area contributed by atoms with E-state index >= 15 is 0 Å². The number of carboxylic acids is 1. The van der Waals surface area contributed by atoms with Gasteiger partial charge in [-0.3, -0.25) is 14.4 Å². The summed E-state index contributed by atoms with van der Waals surface area (Å²) in [6, 6.07) is 6.78. The van der Waals surface area contributed by atoms with Crippen LogP contribution in [0.25, 0.3) is 0 Å². The first-order valence-electron chi connectivity index (χ1n) is 6.74. The van der Waals surface area contributed by atoms with Crippen LogP contribution < -0.4 is 10.6 Å². The second-order valence-electron chi connectivity index (χ2n) is 4.95. The van der Waals surface area contributed by atoms with Gasteiger partial charge in [-0.15, -0.1) is 0 Å². The number of aryl methyl sites for hydroxylation is 1. The molecule has 0 aliphatic carbocycles. The van der Waals surface area contributed by atoms with Crippen molar-refractivity contribution >= 4 is 17.8 Å². The van der Waals surface area contributed by atoms with Gasteiger partial charge in [-0.05, 0) is 32.4 Å². The second-order valence-corrected chi connectivity index (χ2v) is 4.95. The van der Waals surface area contributed by atoms with Gasteiger partial charge >= 0.3 is 5.97 Å². The highest BCUT2D eigenvalue weighted by Crippen LogP contribution is 2.02. The molecule has 114 valence electrons. The van der Waals surface area contributed by atoms with Crippen LogP contribution in [-0.4, -0.2) is 35.5 Å². The lowest BCUT2D eigenvalue weighted by Crippen LogP contribution is -2.41. The molecular weight excluding hydrogens is 272 g/mol. The SMILES string of the molecule is Cc1ccc(C(=O)NCC(=O)NC(C)CCC(=O)O)cc1. The summed E-state index contributed by atoms with van der Waals surface area (Å²) >= 11 is 0. The van der Waals surface area contributed by atoms with Gasteiger partial charge in [0.15, 0.2) is 0 Å². The number of benzene rings is 1. The van der Waals surface area contributed by atoms with Gasteiger partial charge in [0.25, 0.3) is 5.91 Å². The summed E-state index contributed by atoms with van der Waals surface area (Å²) in [5.74, 6) is -1.56. The lowest BCUT2D eigenvalue weighted by Gasteiger charge is -2.13. The predicted molar refractivity (Wildman–Crippen MR) is 78.0 cm³/mol. The summed E-state index contributed by atoms with van der Waals surface area (Å²) < 4.78 is 0. The average molecular weight is 292 g/mol. The van der Waals surface area contributed by atoms with Crippen molar-refractivity contribution < 1.29 is 19.5 Å². The number of carboxylic acid groups (broad SMARTS) is 1. The molecule has 0 spiro atoms. The van der Waals surface area contributed by atoms with Gasteiger partial charge in [-0.25, -0.2) is 0 Å². The van der Waals surface area contributed by atoms with Crippen LogP contribution in [0.4, 0.5) is 0 Å². The van der Waals surface area contributed by atoms with Gasteiger partial charge in [-0.1, -0.05) is 17.7 Å². The highest BCUT2D eigenvalue weighted by molar-refractivity contribution is 5.96. The van der Waals surface area contributed by atoms with Crippen LogP contribution in [0.1, 0.15) is 35.7 Å². The van der Waals surface area contributed by atoms with E-state index in [0.29, 0.717) is 12.0 Å². The number of hydrogen-bond donors (Lipinski definition) is 3. The number of hydrogen-bond acceptors (Lipinski definition) is 3. The maximum absolute atomic E-state index is 11.8. The zero-order valence-corrected chi connectivity index (χ0v) is 12.2. The molecule has 21 heavy (non-hydrogen) atoms. The Labute approximate surface area is 123 Å². The van der Waals surface area contributed by atoms with Crippen molar-refractivity contribution in [1.82, 2.24) is 10.6 Å². The van der Waals surface area contributed by atoms with Crippen LogP contribution in [-0.2, 0) is 9.59 Å². The summed E-state index contributed by atoms with van der Waals surface area (Å²) in [4.78, 5) is 33.8. The Bertz CT molecular complexity index is 511. The standard InChI is InChI=1S/C15H20N2O4/c1-10-3-6-12(7-4-10)15(21)16-9-13(18)17-11(2)5-8-14(19)20/h3-4,6-7,11H,5,8-9H2,1-2H3,(H,16,21)(H,17,18)(H,19,20). The Balaban J connectivity index is 2.33. The van der Waals surface area contributed by atoms with Crippen LogP contribution in [0, 0.1) is 6.92 Å². The van der Waals surface area contributed by atoms with E-state index < -0.39 is 5.97 Å². The van der Waals surface area contributed by atoms with Gasteiger partial charge < -0.3 is 15.7 Å². The van der Waals surface area contributed by atoms with Crippen molar-refractivity contribution in [2.24, 2.45) is 0 Å². The molecule has 0 aliphatic heterocycles. The van der Waals surface area contributed by atoms with Gasteiger partial charge in [0.1, 0.15) is 0 Å². The van der Waals surface area contributed by atoms with E-state index in [1.807, 2.05) is 19.1 Å². The maximum Gasteiger partial charge on any atom is 0.303 e. The van der Waals surface area contributed by atoms with E-state index in [1.165, 1.54) is 0 Å². The fraction of sp³-hybridized carbons (Fsp3) is 0.400. The van der Waals surface area contributed by atoms with Crippen LogP contribution >= 0.6 is 0 Å². The summed E-state index contributed by atoms with van der Waals surface area (Å²) in [6.45, 7) is 3.51. The Hall–Kier alpha value is -2.37. The number of rotatable bonds is 7. The summed E-state index contributed by atoms with van der Waals surface area (Å²) in [5, 5.41) is 13.7. The number of aliphatic carboxylic acids is 1. The number of carbonyl (C=O) groups excluding carboxylic acids is 2. The average Bonchev–Trinajstić information content (AvgIpc) is 2.43. The molecule has 6 heteroatoms. The molecule has 3 N–H and O–H groups in total. The molecule has 1 atom stereocenters. The summed E-state index contributed by atoms with van der Waals surface area (Å²) in [5.41, 5.74) is 1.55. The molecule has 0 bridgehead atoms. The maximum atomic E-state index is 11.8. The Morgan fingerprint density at radius 3 is 2.38 bits per heavy atom. The molecule has 0 saturated carbocycles. The van der Waals surface area contributed by atoms with Crippen molar-refractivity contribution in [2.75, 3.05) is 6.54 Å². The van der Waals surface area contributed by atoms with Gasteiger partial charge in [0.05, 0.1) is 6.54 Å². The Morgan fingerprint density at radius 2 is 1.81 bits per heavy atom. The molecule has 0 aromatic heterocycles. The lowest BCUT2D eigenvalue weighted by atomic mass is 10.1. The number of carbonyl (C=O) groups is 3. The minimum Gasteiger partial charge on any atom is -0.481 e. The molecule has 0 radical (unpaired) electrons. The lowest BCUT2D eigenvalue weighted by molar-refractivity contribution is -0.137. The quantitative estimate of drug-likeness (QED) is 0.701. The Kier molecular flexibility index (Phi) is 6.39. The molecule has 1 unspecified atom stereocenters. The molecular formula is C15H20N2O4. The van der Waals surface area contributed by atoms with Crippen LogP contribution in [0.5, 0.6) is 0 Å². The van der Waals surface area contributed by atoms with Gasteiger partial charge in [0, 0.05) is 18.0 Å². The molecule has 6 nitrogen and oxygen atoms in total. The third-order valence-corrected chi connectivity index (χ3v) is 2.92. The molecule has 1 aromatic carbocycles. The fourth-order valence-electron chi connectivity index (χ4n) is 1.71. The highest BCUT2D eigenvalue weighted by atomic mass is 16.4. The molecule has 0 fully saturated rings. The minimum atomic E-state index is -0.899. The monoisotopic (exact) mass is 292 g/mol. The van der Waals surface area contributed by atoms with Crippen LogP contribution in [0.3, 0.4) is 0 Å². The number of amides is 2. The zero-order valence-electron chi connectivity index (χ0n) is 12.2. The fourth-order valence-corrected chi connectivity index (χ4v) is 1.71. The van der Waals surface area contributed by atoms with Gasteiger partial charge in [-0.2, -0.15) is 0 Å². The highest BCUT2D eigenvalue weighted by Gasteiger charge is 2.11. The van der Waals surface area contributed by atoms with Crippen LogP contribution in [0.15, 0.2) is 24.3 Å². The molecule has 0 heterocycles. The molecule has 1 rings (SSSR count). The summed E-state index contributed by atoms with van der Waals surface area (Å²) in [6.07, 6.45) is 0.351. The first-order valence-corrected chi connectivity index (χ1v) is 6.74. The smallest absolute Gasteiger partial charge is 0.303 e. The normalized spacial score (nSPS) is 11.5. The van der Waals surface area contributed by atoms with E-state index in [2.05, 4.69) is 10.6 Å². The van der Waals surface area contributed by atoms with E-state index in [0.717, 1.165) is 5.56 Å². The first-order chi connectivity index (χ1) is 9.88. The second kappa shape index (κ2) is 8.04. The number of nitrogens with one attached hydrogen (secondary N) is 2. The Morgan fingerprint density at radius 1 is 1.19 bits per heavy atom. The zero-order chi connectivity index (χ0) is 15.8. The third kappa shape index (κ3) is 6.56. The molecule has 1 aromatic rings. The van der Waals surface area contributed by atoms with Crippen molar-refractivity contribution in [3.63, 3.8) is 0 Å². The largest absolute Gasteiger partial charge is 0.481 e. The van der Waals surface area contributed by atoms with E-state index in [9.17, 15) is 14.4 Å². The van der Waals surface area contributed by atoms with E-state index in [1.54, 1.807) is 19.1 Å². The van der Waals surface area contributed by atoms with E-state index in [4.69, 9.17) is 5.11 Å². The minimum absolute atomic E-state index is 0.00281. The third-order valence-electron chi connectivity index (χ3n) is 2.92. The van der Waals surface area contributed by atoms with Crippen LogP contribution in [0.2, 0.25) is 0 Å². The van der Waals surface area contributed by atoms with Crippen molar-refractivity contribution in [1.29, 1.82) is 0 Å². The molecule has 2 amide bonds.